The zero-order valence-electron chi connectivity index (χ0n) is 14.2. The molecule has 3 aromatic heterocycles. The molecule has 1 saturated carbocycles. The SMILES string of the molecule is N#Cc1sc(-c2ccc(NCC3(c4ncccc4F)CCC3)nn2)nc1O. The van der Waals surface area contributed by atoms with Crippen molar-refractivity contribution in [2.45, 2.75) is 24.7 Å². The van der Waals surface area contributed by atoms with Crippen LogP contribution in [-0.4, -0.2) is 31.8 Å². The predicted octanol–water partition coefficient (Wildman–Crippen LogP) is 3.25. The summed E-state index contributed by atoms with van der Waals surface area (Å²) in [6.45, 7) is 0.519. The summed E-state index contributed by atoms with van der Waals surface area (Å²) in [4.78, 5) is 8.30. The number of thiazole rings is 1. The Labute approximate surface area is 158 Å². The van der Waals surface area contributed by atoms with E-state index in [4.69, 9.17) is 5.26 Å². The number of nitrogens with zero attached hydrogens (tertiary/aromatic N) is 5. The number of hydrogen-bond donors (Lipinski definition) is 2. The number of rotatable bonds is 5. The van der Waals surface area contributed by atoms with Crippen molar-refractivity contribution in [3.63, 3.8) is 0 Å². The van der Waals surface area contributed by atoms with E-state index in [0.29, 0.717) is 28.8 Å². The Kier molecular flexibility index (Phi) is 4.41. The Morgan fingerprint density at radius 3 is 2.74 bits per heavy atom. The standard InChI is InChI=1S/C18H15FN6OS/c19-11-3-1-8-21-15(11)18(6-2-7-18)10-22-14-5-4-12(24-25-14)17-23-16(26)13(9-20)27-17/h1,3-5,8,26H,2,6-7,10H2,(H,22,25). The maximum atomic E-state index is 14.2. The molecule has 1 aliphatic rings. The number of hydrogen-bond acceptors (Lipinski definition) is 8. The third-order valence-electron chi connectivity index (χ3n) is 4.77. The van der Waals surface area contributed by atoms with Gasteiger partial charge >= 0.3 is 0 Å². The first-order valence-electron chi connectivity index (χ1n) is 8.40. The summed E-state index contributed by atoms with van der Waals surface area (Å²) in [6.07, 6.45) is 4.40. The van der Waals surface area contributed by atoms with Crippen LogP contribution < -0.4 is 5.32 Å². The molecule has 0 aliphatic heterocycles. The van der Waals surface area contributed by atoms with Crippen LogP contribution in [-0.2, 0) is 5.41 Å². The van der Waals surface area contributed by atoms with Crippen LogP contribution in [0.4, 0.5) is 10.2 Å². The monoisotopic (exact) mass is 382 g/mol. The summed E-state index contributed by atoms with van der Waals surface area (Å²) in [5, 5.41) is 30.3. The third-order valence-corrected chi connectivity index (χ3v) is 5.75. The minimum Gasteiger partial charge on any atom is -0.492 e. The fourth-order valence-electron chi connectivity index (χ4n) is 3.17. The molecule has 3 aromatic rings. The number of aromatic nitrogens is 4. The van der Waals surface area contributed by atoms with Gasteiger partial charge in [0.2, 0.25) is 5.88 Å². The van der Waals surface area contributed by atoms with Gasteiger partial charge in [-0.15, -0.1) is 10.2 Å². The van der Waals surface area contributed by atoms with Crippen molar-refractivity contribution in [2.75, 3.05) is 11.9 Å². The van der Waals surface area contributed by atoms with Crippen molar-refractivity contribution in [1.82, 2.24) is 20.2 Å². The Balaban J connectivity index is 1.49. The minimum absolute atomic E-state index is 0.137. The molecule has 1 aliphatic carbocycles. The second kappa shape index (κ2) is 6.89. The molecule has 7 nitrogen and oxygen atoms in total. The highest BCUT2D eigenvalue weighted by Gasteiger charge is 2.41. The van der Waals surface area contributed by atoms with Gasteiger partial charge in [0.1, 0.15) is 28.4 Å². The van der Waals surface area contributed by atoms with E-state index in [1.807, 2.05) is 6.07 Å². The van der Waals surface area contributed by atoms with E-state index in [1.54, 1.807) is 24.4 Å². The molecule has 0 unspecified atom stereocenters. The van der Waals surface area contributed by atoms with Gasteiger partial charge in [0.05, 0.1) is 5.69 Å². The minimum atomic E-state index is -0.325. The van der Waals surface area contributed by atoms with Gasteiger partial charge in [-0.3, -0.25) is 4.98 Å². The molecular weight excluding hydrogens is 367 g/mol. The third kappa shape index (κ3) is 3.19. The maximum Gasteiger partial charge on any atom is 0.241 e. The molecule has 0 spiro atoms. The fourth-order valence-corrected chi connectivity index (χ4v) is 3.89. The molecule has 0 amide bonds. The average molecular weight is 382 g/mol. The molecule has 0 radical (unpaired) electrons. The van der Waals surface area contributed by atoms with Crippen molar-refractivity contribution in [1.29, 1.82) is 5.26 Å². The lowest BCUT2D eigenvalue weighted by molar-refractivity contribution is 0.243. The van der Waals surface area contributed by atoms with Crippen LogP contribution in [0, 0.1) is 17.1 Å². The van der Waals surface area contributed by atoms with Crippen LogP contribution >= 0.6 is 11.3 Å². The van der Waals surface area contributed by atoms with Crippen molar-refractivity contribution in [3.8, 4) is 22.7 Å². The molecule has 2 N–H and O–H groups in total. The molecule has 0 atom stereocenters. The summed E-state index contributed by atoms with van der Waals surface area (Å²) in [6, 6.07) is 8.37. The first kappa shape index (κ1) is 17.3. The van der Waals surface area contributed by atoms with Gasteiger partial charge in [-0.2, -0.15) is 10.2 Å². The van der Waals surface area contributed by atoms with Gasteiger partial charge in [-0.25, -0.2) is 4.39 Å². The summed E-state index contributed by atoms with van der Waals surface area (Å²) >= 11 is 1.05. The smallest absolute Gasteiger partial charge is 0.241 e. The molecule has 0 bridgehead atoms. The number of anilines is 1. The molecule has 3 heterocycles. The van der Waals surface area contributed by atoms with Gasteiger partial charge in [0.15, 0.2) is 4.88 Å². The molecule has 9 heteroatoms. The molecular formula is C18H15FN6OS. The molecule has 1 fully saturated rings. The maximum absolute atomic E-state index is 14.2. The molecule has 0 saturated heterocycles. The normalized spacial score (nSPS) is 15.0. The van der Waals surface area contributed by atoms with Crippen LogP contribution in [0.5, 0.6) is 5.88 Å². The van der Waals surface area contributed by atoms with E-state index in [9.17, 15) is 9.50 Å². The van der Waals surface area contributed by atoms with Gasteiger partial charge in [-0.05, 0) is 37.1 Å². The number of nitrogens with one attached hydrogen (secondary N) is 1. The Morgan fingerprint density at radius 1 is 1.30 bits per heavy atom. The van der Waals surface area contributed by atoms with Crippen LogP contribution in [0.1, 0.15) is 29.8 Å². The second-order valence-corrected chi connectivity index (χ2v) is 7.41. The zero-order chi connectivity index (χ0) is 18.9. The van der Waals surface area contributed by atoms with Gasteiger partial charge in [0, 0.05) is 18.2 Å². The van der Waals surface area contributed by atoms with Gasteiger partial charge < -0.3 is 10.4 Å². The lowest BCUT2D eigenvalue weighted by Crippen LogP contribution is -2.42. The summed E-state index contributed by atoms with van der Waals surface area (Å²) in [5.74, 6) is -0.0224. The van der Waals surface area contributed by atoms with Crippen LogP contribution in [0.2, 0.25) is 0 Å². The van der Waals surface area contributed by atoms with Crippen molar-refractivity contribution >= 4 is 17.2 Å². The van der Waals surface area contributed by atoms with E-state index in [1.165, 1.54) is 6.07 Å². The van der Waals surface area contributed by atoms with Crippen LogP contribution in [0.25, 0.3) is 10.7 Å². The average Bonchev–Trinajstić information content (AvgIpc) is 3.03. The van der Waals surface area contributed by atoms with E-state index in [-0.39, 0.29) is 22.0 Å². The largest absolute Gasteiger partial charge is 0.492 e. The van der Waals surface area contributed by atoms with Crippen molar-refractivity contribution in [2.24, 2.45) is 0 Å². The number of halogens is 1. The molecule has 136 valence electrons. The number of aromatic hydroxyl groups is 1. The van der Waals surface area contributed by atoms with Crippen molar-refractivity contribution in [3.05, 3.63) is 46.9 Å². The van der Waals surface area contributed by atoms with E-state index >= 15 is 0 Å². The Hall–Kier alpha value is -3.12. The Morgan fingerprint density at radius 2 is 2.15 bits per heavy atom. The van der Waals surface area contributed by atoms with Crippen LogP contribution in [0.15, 0.2) is 30.5 Å². The molecule has 0 aromatic carbocycles. The molecule has 27 heavy (non-hydrogen) atoms. The number of nitriles is 1. The lowest BCUT2D eigenvalue weighted by Gasteiger charge is -2.41. The summed E-state index contributed by atoms with van der Waals surface area (Å²) in [5.41, 5.74) is 0.640. The highest BCUT2D eigenvalue weighted by atomic mass is 32.1. The highest BCUT2D eigenvalue weighted by molar-refractivity contribution is 7.15. The molecule has 4 rings (SSSR count). The van der Waals surface area contributed by atoms with Gasteiger partial charge in [-0.1, -0.05) is 17.8 Å². The summed E-state index contributed by atoms with van der Waals surface area (Å²) < 4.78 is 14.2. The first-order valence-corrected chi connectivity index (χ1v) is 9.22. The lowest BCUT2D eigenvalue weighted by atomic mass is 9.66. The first-order chi connectivity index (χ1) is 13.1. The second-order valence-electron chi connectivity index (χ2n) is 6.41. The Bertz CT molecular complexity index is 1010. The van der Waals surface area contributed by atoms with E-state index in [2.05, 4.69) is 25.5 Å². The predicted molar refractivity (Wildman–Crippen MR) is 97.7 cm³/mol. The fraction of sp³-hybridized carbons (Fsp3) is 0.278. The topological polar surface area (TPSA) is 108 Å². The number of pyridine rings is 1. The van der Waals surface area contributed by atoms with Crippen LogP contribution in [0.3, 0.4) is 0 Å². The van der Waals surface area contributed by atoms with Crippen molar-refractivity contribution < 1.29 is 9.50 Å². The van der Waals surface area contributed by atoms with E-state index in [0.717, 1.165) is 30.6 Å². The quantitative estimate of drug-likeness (QED) is 0.697. The van der Waals surface area contributed by atoms with E-state index < -0.39 is 0 Å². The van der Waals surface area contributed by atoms with Gasteiger partial charge in [0.25, 0.3) is 0 Å². The zero-order valence-corrected chi connectivity index (χ0v) is 15.0. The summed E-state index contributed by atoms with van der Waals surface area (Å²) in [7, 11) is 0. The highest BCUT2D eigenvalue weighted by Crippen LogP contribution is 2.43.